The Labute approximate surface area is 111 Å². The first kappa shape index (κ1) is 13.0. The second kappa shape index (κ2) is 5.44. The van der Waals surface area contributed by atoms with E-state index in [1.165, 1.54) is 17.7 Å². The van der Waals surface area contributed by atoms with Gasteiger partial charge in [0.05, 0.1) is 5.69 Å². The molecule has 0 fully saturated rings. The number of hydrogen-bond acceptors (Lipinski definition) is 3. The maximum atomic E-state index is 12.0. The maximum absolute atomic E-state index is 12.0. The van der Waals surface area contributed by atoms with Gasteiger partial charge in [-0.1, -0.05) is 19.1 Å². The summed E-state index contributed by atoms with van der Waals surface area (Å²) in [6.07, 6.45) is 0.958. The van der Waals surface area contributed by atoms with E-state index in [4.69, 9.17) is 5.73 Å². The summed E-state index contributed by atoms with van der Waals surface area (Å²) in [7, 11) is 0. The minimum atomic E-state index is -0.278. The van der Waals surface area contributed by atoms with Gasteiger partial charge in [-0.25, -0.2) is 0 Å². The number of carbonyl (C=O) groups excluding carboxylic acids is 1. The third-order valence-electron chi connectivity index (χ3n) is 2.91. The van der Waals surface area contributed by atoms with Crippen LogP contribution in [0.2, 0.25) is 0 Å². The second-order valence-corrected chi connectivity index (χ2v) is 4.28. The fourth-order valence-electron chi connectivity index (χ4n) is 1.71. The first-order valence-electron chi connectivity index (χ1n) is 6.09. The van der Waals surface area contributed by atoms with Crippen LogP contribution in [0.5, 0.6) is 5.75 Å². The van der Waals surface area contributed by atoms with Gasteiger partial charge in [0.1, 0.15) is 5.75 Å². The van der Waals surface area contributed by atoms with E-state index in [0.29, 0.717) is 5.56 Å². The zero-order valence-electron chi connectivity index (χ0n) is 10.7. The van der Waals surface area contributed by atoms with Crippen LogP contribution in [0.4, 0.5) is 11.4 Å². The van der Waals surface area contributed by atoms with Crippen molar-refractivity contribution in [1.29, 1.82) is 0 Å². The van der Waals surface area contributed by atoms with Crippen molar-refractivity contribution in [1.82, 2.24) is 0 Å². The van der Waals surface area contributed by atoms with Crippen LogP contribution in [0, 0.1) is 0 Å². The Bertz CT molecular complexity index is 592. The third-order valence-corrected chi connectivity index (χ3v) is 2.91. The average molecular weight is 256 g/mol. The number of nitrogens with two attached hydrogens (primary N) is 1. The lowest BCUT2D eigenvalue weighted by atomic mass is 10.1. The van der Waals surface area contributed by atoms with E-state index in [-0.39, 0.29) is 17.3 Å². The number of rotatable bonds is 3. The molecule has 0 heterocycles. The molecule has 2 aromatic rings. The monoisotopic (exact) mass is 256 g/mol. The molecule has 0 spiro atoms. The highest BCUT2D eigenvalue weighted by Crippen LogP contribution is 2.21. The van der Waals surface area contributed by atoms with Crippen LogP contribution in [0.3, 0.4) is 0 Å². The molecule has 98 valence electrons. The molecule has 0 radical (unpaired) electrons. The van der Waals surface area contributed by atoms with Crippen molar-refractivity contribution >= 4 is 17.3 Å². The van der Waals surface area contributed by atoms with E-state index in [1.54, 1.807) is 6.07 Å². The summed E-state index contributed by atoms with van der Waals surface area (Å²) in [5.74, 6) is -0.367. The smallest absolute Gasteiger partial charge is 0.255 e. The molecule has 4 N–H and O–H groups in total. The van der Waals surface area contributed by atoms with Gasteiger partial charge in [-0.15, -0.1) is 0 Å². The molecule has 0 atom stereocenters. The first-order chi connectivity index (χ1) is 9.10. The lowest BCUT2D eigenvalue weighted by Gasteiger charge is -2.07. The summed E-state index contributed by atoms with van der Waals surface area (Å²) in [4.78, 5) is 12.0. The predicted molar refractivity (Wildman–Crippen MR) is 76.3 cm³/mol. The van der Waals surface area contributed by atoms with Crippen molar-refractivity contribution < 1.29 is 9.90 Å². The Morgan fingerprint density at radius 1 is 1.21 bits per heavy atom. The number of phenolic OH excluding ortho intramolecular Hbond substituents is 1. The summed E-state index contributed by atoms with van der Waals surface area (Å²) < 4.78 is 0. The van der Waals surface area contributed by atoms with E-state index in [2.05, 4.69) is 12.2 Å². The van der Waals surface area contributed by atoms with Crippen LogP contribution in [-0.4, -0.2) is 11.0 Å². The number of benzene rings is 2. The van der Waals surface area contributed by atoms with Crippen LogP contribution >= 0.6 is 0 Å². The number of phenols is 1. The minimum Gasteiger partial charge on any atom is -0.506 e. The van der Waals surface area contributed by atoms with Gasteiger partial charge in [-0.2, -0.15) is 0 Å². The van der Waals surface area contributed by atoms with Gasteiger partial charge in [0, 0.05) is 11.3 Å². The Hall–Kier alpha value is -2.49. The predicted octanol–water partition coefficient (Wildman–Crippen LogP) is 2.79. The molecule has 4 nitrogen and oxygen atoms in total. The van der Waals surface area contributed by atoms with E-state index < -0.39 is 0 Å². The molecule has 0 unspecified atom stereocenters. The highest BCUT2D eigenvalue weighted by Gasteiger charge is 2.08. The van der Waals surface area contributed by atoms with Crippen molar-refractivity contribution in [2.45, 2.75) is 13.3 Å². The molecule has 0 aliphatic rings. The molecule has 0 aliphatic heterocycles. The quantitative estimate of drug-likeness (QED) is 0.584. The summed E-state index contributed by atoms with van der Waals surface area (Å²) in [5.41, 5.74) is 8.04. The second-order valence-electron chi connectivity index (χ2n) is 4.28. The normalized spacial score (nSPS) is 10.2. The Balaban J connectivity index is 2.13. The maximum Gasteiger partial charge on any atom is 0.255 e. The van der Waals surface area contributed by atoms with Crippen LogP contribution in [0.15, 0.2) is 42.5 Å². The number of amides is 1. The summed E-state index contributed by atoms with van der Waals surface area (Å²) in [5, 5.41) is 12.2. The van der Waals surface area contributed by atoms with Crippen molar-refractivity contribution in [2.24, 2.45) is 0 Å². The average Bonchev–Trinajstić information content (AvgIpc) is 2.42. The van der Waals surface area contributed by atoms with Crippen molar-refractivity contribution in [3.8, 4) is 5.75 Å². The Morgan fingerprint density at radius 3 is 2.47 bits per heavy atom. The number of nitrogen functional groups attached to an aromatic ring is 1. The number of anilines is 2. The van der Waals surface area contributed by atoms with E-state index in [9.17, 15) is 9.90 Å². The van der Waals surface area contributed by atoms with Gasteiger partial charge in [0.25, 0.3) is 5.91 Å². The summed E-state index contributed by atoms with van der Waals surface area (Å²) in [6.45, 7) is 2.07. The van der Waals surface area contributed by atoms with E-state index in [0.717, 1.165) is 12.1 Å². The summed E-state index contributed by atoms with van der Waals surface area (Å²) in [6, 6.07) is 12.1. The molecule has 2 rings (SSSR count). The highest BCUT2D eigenvalue weighted by molar-refractivity contribution is 6.04. The lowest BCUT2D eigenvalue weighted by Crippen LogP contribution is -2.11. The van der Waals surface area contributed by atoms with E-state index in [1.807, 2.05) is 24.3 Å². The van der Waals surface area contributed by atoms with Crippen molar-refractivity contribution in [3.05, 3.63) is 53.6 Å². The molecule has 2 aromatic carbocycles. The Kier molecular flexibility index (Phi) is 3.71. The largest absolute Gasteiger partial charge is 0.506 e. The zero-order valence-corrected chi connectivity index (χ0v) is 10.7. The standard InChI is InChI=1S/C15H16N2O2/c1-2-10-3-6-12(7-4-10)17-15(19)11-5-8-13(16)14(18)9-11/h3-9,18H,2,16H2,1H3,(H,17,19). The van der Waals surface area contributed by atoms with Gasteiger partial charge in [0.2, 0.25) is 0 Å². The molecule has 4 heteroatoms. The fraction of sp³-hybridized carbons (Fsp3) is 0.133. The molecule has 0 aliphatic carbocycles. The number of aromatic hydroxyl groups is 1. The van der Waals surface area contributed by atoms with Crippen LogP contribution in [-0.2, 0) is 6.42 Å². The topological polar surface area (TPSA) is 75.4 Å². The number of nitrogens with one attached hydrogen (secondary N) is 1. The zero-order chi connectivity index (χ0) is 13.8. The van der Waals surface area contributed by atoms with Crippen LogP contribution in [0.25, 0.3) is 0 Å². The lowest BCUT2D eigenvalue weighted by molar-refractivity contribution is 0.102. The molecule has 0 saturated heterocycles. The van der Waals surface area contributed by atoms with Gasteiger partial charge >= 0.3 is 0 Å². The van der Waals surface area contributed by atoms with Crippen LogP contribution < -0.4 is 11.1 Å². The molecular weight excluding hydrogens is 240 g/mol. The molecule has 19 heavy (non-hydrogen) atoms. The number of hydrogen-bond donors (Lipinski definition) is 3. The SMILES string of the molecule is CCc1ccc(NC(=O)c2ccc(N)c(O)c2)cc1. The van der Waals surface area contributed by atoms with Crippen LogP contribution in [0.1, 0.15) is 22.8 Å². The molecule has 0 aromatic heterocycles. The van der Waals surface area contributed by atoms with Gasteiger partial charge in [0.15, 0.2) is 0 Å². The van der Waals surface area contributed by atoms with Crippen molar-refractivity contribution in [2.75, 3.05) is 11.1 Å². The van der Waals surface area contributed by atoms with Gasteiger partial charge < -0.3 is 16.2 Å². The molecular formula is C15H16N2O2. The fourth-order valence-corrected chi connectivity index (χ4v) is 1.71. The molecule has 0 saturated carbocycles. The first-order valence-corrected chi connectivity index (χ1v) is 6.09. The van der Waals surface area contributed by atoms with Gasteiger partial charge in [-0.05, 0) is 42.3 Å². The number of carbonyl (C=O) groups is 1. The van der Waals surface area contributed by atoms with Crippen molar-refractivity contribution in [3.63, 3.8) is 0 Å². The minimum absolute atomic E-state index is 0.0889. The summed E-state index contributed by atoms with van der Waals surface area (Å²) >= 11 is 0. The highest BCUT2D eigenvalue weighted by atomic mass is 16.3. The van der Waals surface area contributed by atoms with E-state index >= 15 is 0 Å². The Morgan fingerprint density at radius 2 is 1.89 bits per heavy atom. The molecule has 1 amide bonds. The number of aryl methyl sites for hydroxylation is 1. The van der Waals surface area contributed by atoms with Gasteiger partial charge in [-0.3, -0.25) is 4.79 Å². The molecule has 0 bridgehead atoms. The third kappa shape index (κ3) is 3.04.